The average Bonchev–Trinajstić information content (AvgIpc) is 3.11. The van der Waals surface area contributed by atoms with E-state index in [2.05, 4.69) is 5.32 Å². The molecule has 37 heavy (non-hydrogen) atoms. The number of carbonyl (C=O) groups is 1. The van der Waals surface area contributed by atoms with Gasteiger partial charge in [0.25, 0.3) is 10.0 Å². The van der Waals surface area contributed by atoms with Crippen LogP contribution < -0.4 is 20.0 Å². The van der Waals surface area contributed by atoms with E-state index >= 15 is 0 Å². The van der Waals surface area contributed by atoms with Crippen LogP contribution in [0.25, 0.3) is 11.0 Å². The van der Waals surface area contributed by atoms with Crippen LogP contribution >= 0.6 is 11.8 Å². The number of rotatable bonds is 9. The summed E-state index contributed by atoms with van der Waals surface area (Å²) < 4.78 is 36.9. The first kappa shape index (κ1) is 26.4. The van der Waals surface area contributed by atoms with Crippen molar-refractivity contribution in [1.29, 1.82) is 0 Å². The maximum Gasteiger partial charge on any atom is 0.328 e. The highest BCUT2D eigenvalue weighted by Gasteiger charge is 2.27. The maximum atomic E-state index is 13.7. The number of aryl methyl sites for hydroxylation is 2. The first-order valence-corrected chi connectivity index (χ1v) is 14.2. The second-order valence-corrected chi connectivity index (χ2v) is 11.0. The molecule has 0 bridgehead atoms. The Bertz CT molecular complexity index is 1590. The van der Waals surface area contributed by atoms with Gasteiger partial charge < -0.3 is 10.1 Å². The fraction of sp³-hybridized carbons (Fsp3) is 0.231. The summed E-state index contributed by atoms with van der Waals surface area (Å²) in [5, 5.41) is 2.77. The van der Waals surface area contributed by atoms with Gasteiger partial charge in [-0.15, -0.1) is 11.8 Å². The molecule has 1 heterocycles. The van der Waals surface area contributed by atoms with Crippen LogP contribution in [0.15, 0.2) is 81.3 Å². The molecule has 0 aliphatic carbocycles. The molecule has 11 heteroatoms. The molecule has 1 N–H and O–H groups in total. The van der Waals surface area contributed by atoms with Crippen molar-refractivity contribution in [2.45, 2.75) is 16.7 Å². The van der Waals surface area contributed by atoms with Gasteiger partial charge in [0.15, 0.2) is 0 Å². The van der Waals surface area contributed by atoms with E-state index in [0.717, 1.165) is 14.7 Å². The van der Waals surface area contributed by atoms with Crippen LogP contribution in [0, 0.1) is 0 Å². The van der Waals surface area contributed by atoms with Crippen molar-refractivity contribution in [3.8, 4) is 5.75 Å². The highest BCUT2D eigenvalue weighted by molar-refractivity contribution is 7.98. The Morgan fingerprint density at radius 3 is 2.24 bits per heavy atom. The quantitative estimate of drug-likeness (QED) is 0.324. The molecule has 1 amide bonds. The number of aromatic nitrogens is 2. The third-order valence-corrected chi connectivity index (χ3v) is 8.46. The summed E-state index contributed by atoms with van der Waals surface area (Å²) in [4.78, 5) is 26.3. The van der Waals surface area contributed by atoms with E-state index < -0.39 is 22.5 Å². The molecule has 0 atom stereocenters. The van der Waals surface area contributed by atoms with Crippen molar-refractivity contribution in [3.05, 3.63) is 77.2 Å². The molecule has 0 fully saturated rings. The molecule has 0 radical (unpaired) electrons. The van der Waals surface area contributed by atoms with Crippen molar-refractivity contribution < 1.29 is 17.9 Å². The molecule has 4 aromatic rings. The summed E-state index contributed by atoms with van der Waals surface area (Å²) in [6, 6.07) is 18.2. The van der Waals surface area contributed by atoms with E-state index in [1.807, 2.05) is 13.2 Å². The van der Waals surface area contributed by atoms with Crippen molar-refractivity contribution in [1.82, 2.24) is 9.13 Å². The van der Waals surface area contributed by atoms with E-state index in [1.54, 1.807) is 68.7 Å². The number of sulfonamides is 1. The number of nitrogens with zero attached hydrogens (tertiary/aromatic N) is 3. The molecule has 0 aliphatic rings. The van der Waals surface area contributed by atoms with Crippen LogP contribution in [0.1, 0.15) is 6.92 Å². The van der Waals surface area contributed by atoms with Gasteiger partial charge in [-0.2, -0.15) is 0 Å². The van der Waals surface area contributed by atoms with Crippen LogP contribution in [0.4, 0.5) is 11.4 Å². The van der Waals surface area contributed by atoms with Gasteiger partial charge in [-0.3, -0.25) is 18.2 Å². The molecule has 194 valence electrons. The van der Waals surface area contributed by atoms with E-state index in [-0.39, 0.29) is 10.6 Å². The van der Waals surface area contributed by atoms with Gasteiger partial charge in [0.1, 0.15) is 12.3 Å². The van der Waals surface area contributed by atoms with Gasteiger partial charge in [-0.05, 0) is 79.9 Å². The van der Waals surface area contributed by atoms with Crippen LogP contribution in [0.2, 0.25) is 0 Å². The van der Waals surface area contributed by atoms with Crippen molar-refractivity contribution >= 4 is 50.1 Å². The molecular weight excluding hydrogens is 512 g/mol. The second-order valence-electron chi connectivity index (χ2n) is 8.27. The third kappa shape index (κ3) is 5.37. The number of fused-ring (bicyclic) bond motifs is 1. The fourth-order valence-electron chi connectivity index (χ4n) is 3.98. The molecule has 1 aromatic heterocycles. The minimum absolute atomic E-state index is 0.0766. The molecule has 0 unspecified atom stereocenters. The van der Waals surface area contributed by atoms with E-state index in [1.165, 1.54) is 33.0 Å². The minimum Gasteiger partial charge on any atom is -0.494 e. The molecule has 4 rings (SSSR count). The number of thioether (sulfide) groups is 1. The summed E-state index contributed by atoms with van der Waals surface area (Å²) in [5.74, 6) is 0.0672. The predicted octanol–water partition coefficient (Wildman–Crippen LogP) is 3.83. The topological polar surface area (TPSA) is 103 Å². The number of carbonyl (C=O) groups excluding carboxylic acids is 1. The smallest absolute Gasteiger partial charge is 0.328 e. The second kappa shape index (κ2) is 10.7. The Balaban J connectivity index is 1.66. The summed E-state index contributed by atoms with van der Waals surface area (Å²) in [5.41, 5.74) is 1.97. The van der Waals surface area contributed by atoms with E-state index in [0.29, 0.717) is 29.2 Å². The first-order chi connectivity index (χ1) is 17.6. The average molecular weight is 541 g/mol. The predicted molar refractivity (Wildman–Crippen MR) is 147 cm³/mol. The van der Waals surface area contributed by atoms with E-state index in [9.17, 15) is 18.0 Å². The minimum atomic E-state index is -4.06. The Kier molecular flexibility index (Phi) is 7.65. The lowest BCUT2D eigenvalue weighted by Crippen LogP contribution is -2.38. The number of amides is 1. The fourth-order valence-corrected chi connectivity index (χ4v) is 5.81. The van der Waals surface area contributed by atoms with Gasteiger partial charge >= 0.3 is 5.69 Å². The molecule has 0 saturated heterocycles. The maximum absolute atomic E-state index is 13.7. The number of benzene rings is 3. The zero-order valence-corrected chi connectivity index (χ0v) is 22.6. The first-order valence-electron chi connectivity index (χ1n) is 11.5. The largest absolute Gasteiger partial charge is 0.494 e. The van der Waals surface area contributed by atoms with Crippen molar-refractivity contribution in [3.63, 3.8) is 0 Å². The Labute approximate surface area is 219 Å². The number of nitrogens with one attached hydrogen (secondary N) is 1. The summed E-state index contributed by atoms with van der Waals surface area (Å²) >= 11 is 1.51. The van der Waals surface area contributed by atoms with Crippen LogP contribution in [0.3, 0.4) is 0 Å². The Morgan fingerprint density at radius 2 is 1.62 bits per heavy atom. The summed E-state index contributed by atoms with van der Waals surface area (Å²) in [6.45, 7) is 1.88. The number of hydrogen-bond donors (Lipinski definition) is 1. The molecular formula is C26H28N4O5S2. The normalized spacial score (nSPS) is 11.5. The third-order valence-electron chi connectivity index (χ3n) is 5.93. The number of anilines is 2. The van der Waals surface area contributed by atoms with Gasteiger partial charge in [0.05, 0.1) is 28.2 Å². The zero-order chi connectivity index (χ0) is 26.7. The number of ether oxygens (including phenoxy) is 1. The van der Waals surface area contributed by atoms with Crippen molar-refractivity contribution in [2.24, 2.45) is 14.1 Å². The van der Waals surface area contributed by atoms with Crippen LogP contribution in [-0.4, -0.2) is 42.9 Å². The van der Waals surface area contributed by atoms with Gasteiger partial charge in [-0.25, -0.2) is 13.2 Å². The lowest BCUT2D eigenvalue weighted by atomic mass is 10.2. The summed E-state index contributed by atoms with van der Waals surface area (Å²) in [6.07, 6.45) is 1.91. The molecule has 0 saturated carbocycles. The van der Waals surface area contributed by atoms with Gasteiger partial charge in [0, 0.05) is 24.7 Å². The summed E-state index contributed by atoms with van der Waals surface area (Å²) in [7, 11) is -0.735. The highest BCUT2D eigenvalue weighted by atomic mass is 32.2. The monoisotopic (exact) mass is 540 g/mol. The molecule has 9 nitrogen and oxygen atoms in total. The molecule has 0 spiro atoms. The molecule has 0 aliphatic heterocycles. The Hall–Kier alpha value is -3.70. The van der Waals surface area contributed by atoms with Crippen molar-refractivity contribution in [2.75, 3.05) is 29.0 Å². The van der Waals surface area contributed by atoms with Crippen LogP contribution in [-0.2, 0) is 28.9 Å². The van der Waals surface area contributed by atoms with Gasteiger partial charge in [0.2, 0.25) is 5.91 Å². The van der Waals surface area contributed by atoms with E-state index in [4.69, 9.17) is 4.74 Å². The number of hydrogen-bond acceptors (Lipinski definition) is 6. The highest BCUT2D eigenvalue weighted by Crippen LogP contribution is 2.27. The lowest BCUT2D eigenvalue weighted by molar-refractivity contribution is -0.114. The Morgan fingerprint density at radius 1 is 0.973 bits per heavy atom. The number of imidazole rings is 1. The molecule has 3 aromatic carbocycles. The van der Waals surface area contributed by atoms with Crippen LogP contribution in [0.5, 0.6) is 5.75 Å². The van der Waals surface area contributed by atoms with Gasteiger partial charge in [-0.1, -0.05) is 0 Å². The standard InChI is InChI=1S/C26H28N4O5S2/c1-5-35-20-9-7-19(8-10-20)30(37(33,34)22-13-11-21(36-4)12-14-22)17-25(31)27-18-6-15-23-24(16-18)29(3)26(32)28(23)2/h6-16H,5,17H2,1-4H3,(H,27,31). The zero-order valence-electron chi connectivity index (χ0n) is 21.0. The SMILES string of the molecule is CCOc1ccc(N(CC(=O)Nc2ccc3c(c2)n(C)c(=O)n3C)S(=O)(=O)c2ccc(SC)cc2)cc1. The lowest BCUT2D eigenvalue weighted by Gasteiger charge is -2.24.